The number of rotatable bonds is 7. The van der Waals surface area contributed by atoms with E-state index >= 15 is 0 Å². The van der Waals surface area contributed by atoms with Gasteiger partial charge in [-0.15, -0.1) is 0 Å². The van der Waals surface area contributed by atoms with Gasteiger partial charge in [-0.05, 0) is 20.3 Å². The Labute approximate surface area is 74.0 Å². The minimum atomic E-state index is 0.141. The molecule has 0 N–H and O–H groups in total. The van der Waals surface area contributed by atoms with E-state index in [9.17, 15) is 4.79 Å². The van der Waals surface area contributed by atoms with Crippen LogP contribution in [0.2, 0.25) is 0 Å². The summed E-state index contributed by atoms with van der Waals surface area (Å²) in [5.74, 6) is 0.221. The van der Waals surface area contributed by atoms with Crippen LogP contribution in [0.15, 0.2) is 0 Å². The summed E-state index contributed by atoms with van der Waals surface area (Å²) in [7, 11) is 1.66. The summed E-state index contributed by atoms with van der Waals surface area (Å²) < 4.78 is 10.2. The van der Waals surface area contributed by atoms with Crippen LogP contribution in [-0.4, -0.2) is 32.2 Å². The lowest BCUT2D eigenvalue weighted by Crippen LogP contribution is -2.14. The minimum absolute atomic E-state index is 0.141. The predicted octanol–water partition coefficient (Wildman–Crippen LogP) is 1.41. The van der Waals surface area contributed by atoms with Crippen molar-refractivity contribution in [3.8, 4) is 0 Å². The van der Waals surface area contributed by atoms with Gasteiger partial charge >= 0.3 is 0 Å². The summed E-state index contributed by atoms with van der Waals surface area (Å²) in [6.07, 6.45) is 1.56. The van der Waals surface area contributed by atoms with E-state index in [2.05, 4.69) is 0 Å². The molecule has 0 spiro atoms. The Hall–Kier alpha value is -0.410. The number of Topliss-reactive ketones (excluding diaryl/α,β-unsaturated/α-hetero) is 1. The Kier molecular flexibility index (Phi) is 7.00. The lowest BCUT2D eigenvalue weighted by atomic mass is 10.2. The zero-order valence-electron chi connectivity index (χ0n) is 8.13. The number of carbonyl (C=O) groups is 1. The monoisotopic (exact) mass is 174 g/mol. The van der Waals surface area contributed by atoms with Crippen molar-refractivity contribution in [1.29, 1.82) is 0 Å². The molecule has 0 aromatic heterocycles. The van der Waals surface area contributed by atoms with Crippen LogP contribution in [0.5, 0.6) is 0 Å². The number of hydrogen-bond donors (Lipinski definition) is 0. The van der Waals surface area contributed by atoms with Crippen molar-refractivity contribution in [2.24, 2.45) is 0 Å². The van der Waals surface area contributed by atoms with Crippen molar-refractivity contribution in [3.05, 3.63) is 0 Å². The average Bonchev–Trinajstić information content (AvgIpc) is 2.03. The second-order valence-electron chi connectivity index (χ2n) is 2.93. The van der Waals surface area contributed by atoms with E-state index in [1.165, 1.54) is 0 Å². The van der Waals surface area contributed by atoms with Crippen LogP contribution in [0.25, 0.3) is 0 Å². The Morgan fingerprint density at radius 2 is 2.17 bits per heavy atom. The topological polar surface area (TPSA) is 35.5 Å². The van der Waals surface area contributed by atoms with Gasteiger partial charge < -0.3 is 14.3 Å². The van der Waals surface area contributed by atoms with Crippen molar-refractivity contribution >= 4 is 5.78 Å². The third kappa shape index (κ3) is 7.69. The molecule has 0 rings (SSSR count). The van der Waals surface area contributed by atoms with E-state index in [-0.39, 0.29) is 11.9 Å². The molecule has 0 aliphatic rings. The molecule has 3 heteroatoms. The van der Waals surface area contributed by atoms with Gasteiger partial charge in [-0.25, -0.2) is 0 Å². The largest absolute Gasteiger partial charge is 0.379 e. The molecule has 3 nitrogen and oxygen atoms in total. The molecular weight excluding hydrogens is 156 g/mol. The van der Waals surface area contributed by atoms with Crippen LogP contribution in [-0.2, 0) is 14.3 Å². The molecule has 0 fully saturated rings. The molecule has 1 atom stereocenters. The van der Waals surface area contributed by atoms with Crippen LogP contribution in [0, 0.1) is 0 Å². The summed E-state index contributed by atoms with van der Waals surface area (Å²) in [5.41, 5.74) is 0. The number of carbonyl (C=O) groups excluding carboxylic acids is 1. The van der Waals surface area contributed by atoms with Gasteiger partial charge in [-0.1, -0.05) is 0 Å². The van der Waals surface area contributed by atoms with Crippen LogP contribution in [0.1, 0.15) is 26.7 Å². The minimum Gasteiger partial charge on any atom is -0.379 e. The Morgan fingerprint density at radius 3 is 2.67 bits per heavy atom. The second kappa shape index (κ2) is 7.25. The highest BCUT2D eigenvalue weighted by Gasteiger charge is 1.98. The fourth-order valence-electron chi connectivity index (χ4n) is 0.741. The highest BCUT2D eigenvalue weighted by Crippen LogP contribution is 1.94. The number of methoxy groups -OCH3 is 1. The lowest BCUT2D eigenvalue weighted by molar-refractivity contribution is -0.117. The fourth-order valence-corrected chi connectivity index (χ4v) is 0.741. The maximum atomic E-state index is 10.5. The molecule has 12 heavy (non-hydrogen) atoms. The first-order valence-electron chi connectivity index (χ1n) is 4.26. The maximum absolute atomic E-state index is 10.5. The van der Waals surface area contributed by atoms with E-state index in [4.69, 9.17) is 9.47 Å². The first-order chi connectivity index (χ1) is 5.66. The molecule has 0 saturated carbocycles. The van der Waals surface area contributed by atoms with Gasteiger partial charge in [-0.3, -0.25) is 0 Å². The Bertz CT molecular complexity index is 123. The first-order valence-corrected chi connectivity index (χ1v) is 4.26. The van der Waals surface area contributed by atoms with E-state index < -0.39 is 0 Å². The third-order valence-corrected chi connectivity index (χ3v) is 1.57. The molecule has 0 aromatic carbocycles. The number of ether oxygens (including phenoxy) is 2. The second-order valence-corrected chi connectivity index (χ2v) is 2.93. The molecule has 0 aliphatic heterocycles. The molecule has 0 radical (unpaired) electrons. The Balaban J connectivity index is 3.05. The molecule has 0 bridgehead atoms. The lowest BCUT2D eigenvalue weighted by Gasteiger charge is -2.09. The van der Waals surface area contributed by atoms with Crippen molar-refractivity contribution in [1.82, 2.24) is 0 Å². The van der Waals surface area contributed by atoms with Crippen molar-refractivity contribution < 1.29 is 14.3 Å². The maximum Gasteiger partial charge on any atom is 0.129 e. The van der Waals surface area contributed by atoms with Crippen LogP contribution in [0.3, 0.4) is 0 Å². The summed E-state index contributed by atoms with van der Waals surface area (Å²) in [4.78, 5) is 10.5. The first kappa shape index (κ1) is 11.6. The standard InChI is InChI=1S/C9H18O3/c1-8(10)5-4-6-12-7-9(2)11-3/h9H,4-7H2,1-3H3. The van der Waals surface area contributed by atoms with Crippen molar-refractivity contribution in [2.45, 2.75) is 32.8 Å². The highest BCUT2D eigenvalue weighted by atomic mass is 16.5. The molecule has 0 aromatic rings. The predicted molar refractivity (Wildman–Crippen MR) is 47.2 cm³/mol. The summed E-state index contributed by atoms with van der Waals surface area (Å²) in [5, 5.41) is 0. The molecule has 0 amide bonds. The van der Waals surface area contributed by atoms with Gasteiger partial charge in [0.2, 0.25) is 0 Å². The summed E-state index contributed by atoms with van der Waals surface area (Å²) in [6, 6.07) is 0. The molecule has 0 heterocycles. The summed E-state index contributed by atoms with van der Waals surface area (Å²) >= 11 is 0. The van der Waals surface area contributed by atoms with Crippen LogP contribution in [0.4, 0.5) is 0 Å². The van der Waals surface area contributed by atoms with Crippen LogP contribution < -0.4 is 0 Å². The molecular formula is C9H18O3. The van der Waals surface area contributed by atoms with Gasteiger partial charge in [0, 0.05) is 20.1 Å². The Morgan fingerprint density at radius 1 is 1.50 bits per heavy atom. The van der Waals surface area contributed by atoms with Gasteiger partial charge in [0.15, 0.2) is 0 Å². The van der Waals surface area contributed by atoms with Gasteiger partial charge in [0.25, 0.3) is 0 Å². The molecule has 72 valence electrons. The average molecular weight is 174 g/mol. The van der Waals surface area contributed by atoms with Gasteiger partial charge in [0.1, 0.15) is 5.78 Å². The number of ketones is 1. The zero-order valence-corrected chi connectivity index (χ0v) is 8.13. The normalized spacial score (nSPS) is 12.9. The van der Waals surface area contributed by atoms with Crippen molar-refractivity contribution in [3.63, 3.8) is 0 Å². The highest BCUT2D eigenvalue weighted by molar-refractivity contribution is 5.75. The molecule has 0 saturated heterocycles. The molecule has 1 unspecified atom stereocenters. The van der Waals surface area contributed by atoms with E-state index in [0.717, 1.165) is 6.42 Å². The van der Waals surface area contributed by atoms with Gasteiger partial charge in [0.05, 0.1) is 12.7 Å². The van der Waals surface area contributed by atoms with Gasteiger partial charge in [-0.2, -0.15) is 0 Å². The van der Waals surface area contributed by atoms with E-state index in [1.807, 2.05) is 6.92 Å². The van der Waals surface area contributed by atoms with Crippen molar-refractivity contribution in [2.75, 3.05) is 20.3 Å². The summed E-state index contributed by atoms with van der Waals surface area (Å²) in [6.45, 7) is 4.80. The van der Waals surface area contributed by atoms with Crippen LogP contribution >= 0.6 is 0 Å². The number of hydrogen-bond acceptors (Lipinski definition) is 3. The fraction of sp³-hybridized carbons (Fsp3) is 0.889. The smallest absolute Gasteiger partial charge is 0.129 e. The quantitative estimate of drug-likeness (QED) is 0.547. The molecule has 0 aliphatic carbocycles. The zero-order chi connectivity index (χ0) is 9.40. The van der Waals surface area contributed by atoms with E-state index in [0.29, 0.717) is 19.6 Å². The van der Waals surface area contributed by atoms with E-state index in [1.54, 1.807) is 14.0 Å². The SMILES string of the molecule is COC(C)COCCCC(C)=O. The third-order valence-electron chi connectivity index (χ3n) is 1.57.